The number of nitrogens with one attached hydrogen (secondary N) is 2. The van der Waals surface area contributed by atoms with Gasteiger partial charge < -0.3 is 14.7 Å². The summed E-state index contributed by atoms with van der Waals surface area (Å²) >= 11 is 0. The lowest BCUT2D eigenvalue weighted by molar-refractivity contribution is 0.350. The average Bonchev–Trinajstić information content (AvgIpc) is 3.30. The lowest BCUT2D eigenvalue weighted by Gasteiger charge is -2.22. The highest BCUT2D eigenvalue weighted by Gasteiger charge is 2.18. The predicted octanol–water partition coefficient (Wildman–Crippen LogP) is 6.50. The Kier molecular flexibility index (Phi) is 6.75. The van der Waals surface area contributed by atoms with Crippen LogP contribution in [-0.4, -0.2) is 22.2 Å². The molecule has 2 aromatic heterocycles. The summed E-state index contributed by atoms with van der Waals surface area (Å²) in [5.41, 5.74) is 2.38. The van der Waals surface area contributed by atoms with Crippen molar-refractivity contribution in [2.75, 3.05) is 0 Å². The summed E-state index contributed by atoms with van der Waals surface area (Å²) in [5, 5.41) is 0. The fourth-order valence-electron chi connectivity index (χ4n) is 3.56. The summed E-state index contributed by atoms with van der Waals surface area (Å²) in [7, 11) is 0. The Morgan fingerprint density at radius 3 is 2.41 bits per heavy atom. The smallest absolute Gasteiger partial charge is 0.154 e. The maximum absolute atomic E-state index is 13.5. The summed E-state index contributed by atoms with van der Waals surface area (Å²) < 4.78 is 32.8. The van der Waals surface area contributed by atoms with Crippen molar-refractivity contribution in [3.8, 4) is 22.9 Å². The van der Waals surface area contributed by atoms with Gasteiger partial charge in [0, 0.05) is 36.7 Å². The van der Waals surface area contributed by atoms with Gasteiger partial charge in [0.15, 0.2) is 5.75 Å². The number of nitrogens with zero attached hydrogens (tertiary/aromatic N) is 1. The number of benzene rings is 1. The number of halogens is 3. The van der Waals surface area contributed by atoms with Gasteiger partial charge in [-0.25, -0.2) is 8.78 Å². The third-order valence-electron chi connectivity index (χ3n) is 5.16. The molecule has 1 saturated carbocycles. The van der Waals surface area contributed by atoms with E-state index in [1.165, 1.54) is 12.8 Å². The Bertz CT molecular complexity index is 940. The molecule has 2 N–H and O–H groups in total. The molecule has 2 heterocycles. The Morgan fingerprint density at radius 2 is 1.76 bits per heavy atom. The fourth-order valence-corrected chi connectivity index (χ4v) is 3.56. The molecule has 4 rings (SSSR count). The summed E-state index contributed by atoms with van der Waals surface area (Å²) in [5.74, 6) is -0.0141. The van der Waals surface area contributed by atoms with Crippen LogP contribution in [0.15, 0.2) is 47.6 Å². The number of hydrogen-bond donors (Lipinski definition) is 2. The highest BCUT2D eigenvalue weighted by atomic mass is 35.5. The maximum atomic E-state index is 13.5. The van der Waals surface area contributed by atoms with Gasteiger partial charge >= 0.3 is 0 Å². The van der Waals surface area contributed by atoms with E-state index in [4.69, 9.17) is 9.73 Å². The van der Waals surface area contributed by atoms with Crippen molar-refractivity contribution in [2.45, 2.75) is 38.6 Å². The second-order valence-electron chi connectivity index (χ2n) is 7.44. The number of aliphatic imine (C=N–C) groups is 1. The molecule has 7 heteroatoms. The Morgan fingerprint density at radius 1 is 1.03 bits per heavy atom. The van der Waals surface area contributed by atoms with Crippen LogP contribution in [0.5, 0.6) is 11.5 Å². The Hall–Kier alpha value is -2.60. The molecule has 0 spiro atoms. The second kappa shape index (κ2) is 9.27. The quantitative estimate of drug-likeness (QED) is 0.455. The molecular formula is C22H24ClF2N3O. The van der Waals surface area contributed by atoms with Crippen LogP contribution in [-0.2, 0) is 0 Å². The standard InChI is InChI=1S/C22H23F2N3O.ClH/c1-14-4-6-17(7-5-14)26-13-21-22(12-20(27-21)19-3-2-8-25-19)28-18-10-15(23)9-16(24)11-18;/h2-3,8-14,17,25,27H,4-7H2,1H3;1H. The Balaban J connectivity index is 0.00000240. The lowest BCUT2D eigenvalue weighted by Crippen LogP contribution is -2.15. The number of H-pyrrole nitrogens is 2. The van der Waals surface area contributed by atoms with E-state index in [2.05, 4.69) is 16.9 Å². The van der Waals surface area contributed by atoms with Crippen molar-refractivity contribution in [1.29, 1.82) is 0 Å². The number of rotatable bonds is 5. The first-order valence-electron chi connectivity index (χ1n) is 9.61. The van der Waals surface area contributed by atoms with Gasteiger partial charge in [0.05, 0.1) is 17.4 Å². The third-order valence-corrected chi connectivity index (χ3v) is 5.16. The molecule has 1 aliphatic rings. The Labute approximate surface area is 174 Å². The van der Waals surface area contributed by atoms with Crippen molar-refractivity contribution >= 4 is 18.6 Å². The molecule has 0 unspecified atom stereocenters. The second-order valence-corrected chi connectivity index (χ2v) is 7.44. The number of aromatic nitrogens is 2. The van der Waals surface area contributed by atoms with Gasteiger partial charge in [-0.2, -0.15) is 0 Å². The van der Waals surface area contributed by atoms with Gasteiger partial charge in [-0.05, 0) is 43.7 Å². The largest absolute Gasteiger partial charge is 0.455 e. The molecule has 0 aliphatic heterocycles. The molecule has 1 aromatic carbocycles. The first-order chi connectivity index (χ1) is 13.6. The molecule has 29 heavy (non-hydrogen) atoms. The highest BCUT2D eigenvalue weighted by molar-refractivity contribution is 5.85. The molecule has 4 nitrogen and oxygen atoms in total. The summed E-state index contributed by atoms with van der Waals surface area (Å²) in [6.45, 7) is 2.28. The molecule has 1 fully saturated rings. The minimum atomic E-state index is -0.679. The number of aromatic amines is 2. The van der Waals surface area contributed by atoms with Crippen molar-refractivity contribution in [3.05, 3.63) is 59.9 Å². The van der Waals surface area contributed by atoms with E-state index < -0.39 is 11.6 Å². The molecule has 3 aromatic rings. The molecule has 0 saturated heterocycles. The number of hydrogen-bond acceptors (Lipinski definition) is 2. The van der Waals surface area contributed by atoms with Gasteiger partial charge in [-0.1, -0.05) is 6.92 Å². The van der Waals surface area contributed by atoms with Gasteiger partial charge in [0.25, 0.3) is 0 Å². The van der Waals surface area contributed by atoms with Crippen molar-refractivity contribution in [2.24, 2.45) is 10.9 Å². The van der Waals surface area contributed by atoms with Crippen molar-refractivity contribution in [1.82, 2.24) is 9.97 Å². The van der Waals surface area contributed by atoms with E-state index in [0.717, 1.165) is 48.3 Å². The van der Waals surface area contributed by atoms with Gasteiger partial charge in [0.1, 0.15) is 23.1 Å². The molecule has 0 bridgehead atoms. The predicted molar refractivity (Wildman–Crippen MR) is 113 cm³/mol. The third kappa shape index (κ3) is 5.26. The zero-order chi connectivity index (χ0) is 19.5. The zero-order valence-electron chi connectivity index (χ0n) is 16.1. The van der Waals surface area contributed by atoms with E-state index in [9.17, 15) is 8.78 Å². The average molecular weight is 420 g/mol. The van der Waals surface area contributed by atoms with Gasteiger partial charge in [-0.15, -0.1) is 12.4 Å². The van der Waals surface area contributed by atoms with Crippen LogP contribution in [0.4, 0.5) is 8.78 Å². The summed E-state index contributed by atoms with van der Waals surface area (Å²) in [6.07, 6.45) is 8.13. The summed E-state index contributed by atoms with van der Waals surface area (Å²) in [6, 6.07) is 9.07. The molecular weight excluding hydrogens is 396 g/mol. The van der Waals surface area contributed by atoms with Crippen LogP contribution in [0.25, 0.3) is 11.4 Å². The van der Waals surface area contributed by atoms with E-state index in [1.807, 2.05) is 18.3 Å². The molecule has 154 valence electrons. The van der Waals surface area contributed by atoms with Crippen LogP contribution >= 0.6 is 12.4 Å². The normalized spacial score (nSPS) is 19.3. The maximum Gasteiger partial charge on any atom is 0.154 e. The van der Waals surface area contributed by atoms with Crippen LogP contribution in [0.1, 0.15) is 38.3 Å². The minimum absolute atomic E-state index is 0. The molecule has 0 amide bonds. The first-order valence-corrected chi connectivity index (χ1v) is 9.61. The van der Waals surface area contributed by atoms with E-state index in [0.29, 0.717) is 17.5 Å². The lowest BCUT2D eigenvalue weighted by atomic mass is 9.88. The van der Waals surface area contributed by atoms with E-state index >= 15 is 0 Å². The van der Waals surface area contributed by atoms with Gasteiger partial charge in [-0.3, -0.25) is 4.99 Å². The molecule has 0 atom stereocenters. The van der Waals surface area contributed by atoms with Crippen LogP contribution in [0, 0.1) is 17.6 Å². The van der Waals surface area contributed by atoms with Crippen LogP contribution in [0.2, 0.25) is 0 Å². The summed E-state index contributed by atoms with van der Waals surface area (Å²) in [4.78, 5) is 11.1. The topological polar surface area (TPSA) is 53.2 Å². The van der Waals surface area contributed by atoms with Crippen LogP contribution in [0.3, 0.4) is 0 Å². The first kappa shape index (κ1) is 21.1. The van der Waals surface area contributed by atoms with Crippen LogP contribution < -0.4 is 4.74 Å². The molecule has 0 radical (unpaired) electrons. The fraction of sp³-hybridized carbons (Fsp3) is 0.318. The van der Waals surface area contributed by atoms with Crippen molar-refractivity contribution < 1.29 is 13.5 Å². The zero-order valence-corrected chi connectivity index (χ0v) is 16.9. The van der Waals surface area contributed by atoms with Gasteiger partial charge in [0.2, 0.25) is 0 Å². The SMILES string of the molecule is CC1CCC(N=Cc2[nH]c(-c3ccc[nH]3)cc2Oc2cc(F)cc(F)c2)CC1.Cl. The van der Waals surface area contributed by atoms with E-state index in [1.54, 1.807) is 12.3 Å². The highest BCUT2D eigenvalue weighted by Crippen LogP contribution is 2.31. The van der Waals surface area contributed by atoms with Crippen molar-refractivity contribution in [3.63, 3.8) is 0 Å². The number of ether oxygens (including phenoxy) is 1. The molecule has 1 aliphatic carbocycles. The van der Waals surface area contributed by atoms with E-state index in [-0.39, 0.29) is 18.2 Å². The minimum Gasteiger partial charge on any atom is -0.455 e. The monoisotopic (exact) mass is 419 g/mol.